The zero-order valence-corrected chi connectivity index (χ0v) is 12.7. The maximum atomic E-state index is 9.94. The second-order valence-corrected chi connectivity index (χ2v) is 5.17. The van der Waals surface area contributed by atoms with Crippen molar-refractivity contribution in [1.29, 1.82) is 0 Å². The molecule has 2 aromatic carbocycles. The Morgan fingerprint density at radius 3 is 2.43 bits per heavy atom. The highest BCUT2D eigenvalue weighted by molar-refractivity contribution is 5.68. The number of nitrogens with two attached hydrogens (primary N) is 1. The molecule has 0 saturated heterocycles. The zero-order chi connectivity index (χ0) is 16.2. The number of phenolic OH excluding ortho intramolecular Hbond substituents is 1. The lowest BCUT2D eigenvalue weighted by Crippen LogP contribution is -2.07. The molecule has 23 heavy (non-hydrogen) atoms. The number of ether oxygens (including phenoxy) is 1. The van der Waals surface area contributed by atoms with E-state index in [4.69, 9.17) is 10.5 Å². The first-order chi connectivity index (χ1) is 11.1. The van der Waals surface area contributed by atoms with Crippen LogP contribution >= 0.6 is 0 Å². The van der Waals surface area contributed by atoms with E-state index in [-0.39, 0.29) is 17.7 Å². The van der Waals surface area contributed by atoms with Crippen LogP contribution in [0.3, 0.4) is 0 Å². The summed E-state index contributed by atoms with van der Waals surface area (Å²) in [5.41, 5.74) is 7.99. The van der Waals surface area contributed by atoms with Gasteiger partial charge in [-0.05, 0) is 24.6 Å². The Labute approximate surface area is 134 Å². The van der Waals surface area contributed by atoms with Crippen LogP contribution in [0.2, 0.25) is 0 Å². The Kier molecular flexibility index (Phi) is 4.10. The van der Waals surface area contributed by atoms with Crippen LogP contribution in [-0.2, 0) is 0 Å². The van der Waals surface area contributed by atoms with E-state index in [9.17, 15) is 5.11 Å². The number of nitrogens with zero attached hydrogens (tertiary/aromatic N) is 2. The molecule has 3 aromatic rings. The van der Waals surface area contributed by atoms with Gasteiger partial charge in [-0.25, -0.2) is 0 Å². The predicted octanol–water partition coefficient (Wildman–Crippen LogP) is 3.57. The van der Waals surface area contributed by atoms with Gasteiger partial charge in [0.1, 0.15) is 17.5 Å². The fourth-order valence-electron chi connectivity index (χ4n) is 2.28. The second-order valence-electron chi connectivity index (χ2n) is 5.17. The summed E-state index contributed by atoms with van der Waals surface area (Å²) >= 11 is 0. The number of anilines is 1. The highest BCUT2D eigenvalue weighted by Gasteiger charge is 2.13. The van der Waals surface area contributed by atoms with Crippen molar-refractivity contribution in [2.75, 3.05) is 5.73 Å². The molecular weight excluding hydrogens is 290 g/mol. The number of hydrogen-bond acceptors (Lipinski definition) is 5. The first-order valence-electron chi connectivity index (χ1n) is 7.28. The normalized spacial score (nSPS) is 11.9. The SMILES string of the molecule is C[C@H](Oc1cc(-c2ccccc2O)nnc1N)c1ccccc1. The molecule has 0 aliphatic rings. The number of aromatic nitrogens is 2. The minimum Gasteiger partial charge on any atom is -0.507 e. The third kappa shape index (κ3) is 3.23. The van der Waals surface area contributed by atoms with E-state index in [0.717, 1.165) is 5.56 Å². The van der Waals surface area contributed by atoms with Gasteiger partial charge in [-0.3, -0.25) is 0 Å². The number of aromatic hydroxyl groups is 1. The molecule has 0 fully saturated rings. The second kappa shape index (κ2) is 6.36. The summed E-state index contributed by atoms with van der Waals surface area (Å²) in [6.07, 6.45) is -0.181. The Bertz CT molecular complexity index is 806. The van der Waals surface area contributed by atoms with Crippen molar-refractivity contribution in [2.45, 2.75) is 13.0 Å². The lowest BCUT2D eigenvalue weighted by molar-refractivity contribution is 0.227. The lowest BCUT2D eigenvalue weighted by atomic mass is 10.1. The summed E-state index contributed by atoms with van der Waals surface area (Å²) in [7, 11) is 0. The van der Waals surface area contributed by atoms with Gasteiger partial charge in [0.25, 0.3) is 0 Å². The number of phenols is 1. The van der Waals surface area contributed by atoms with Gasteiger partial charge in [0.2, 0.25) is 0 Å². The van der Waals surface area contributed by atoms with Crippen LogP contribution in [0.4, 0.5) is 5.82 Å². The van der Waals surface area contributed by atoms with Crippen LogP contribution in [0.15, 0.2) is 60.7 Å². The van der Waals surface area contributed by atoms with Gasteiger partial charge in [0.15, 0.2) is 11.6 Å². The summed E-state index contributed by atoms with van der Waals surface area (Å²) in [5, 5.41) is 17.9. The largest absolute Gasteiger partial charge is 0.507 e. The maximum absolute atomic E-state index is 9.94. The molecule has 3 N–H and O–H groups in total. The van der Waals surface area contributed by atoms with E-state index in [1.54, 1.807) is 24.3 Å². The number of nitrogen functional groups attached to an aromatic ring is 1. The third-order valence-corrected chi connectivity index (χ3v) is 3.54. The van der Waals surface area contributed by atoms with E-state index >= 15 is 0 Å². The monoisotopic (exact) mass is 307 g/mol. The average Bonchev–Trinajstić information content (AvgIpc) is 2.58. The van der Waals surface area contributed by atoms with Crippen molar-refractivity contribution >= 4 is 5.82 Å². The molecule has 0 radical (unpaired) electrons. The molecular formula is C18H17N3O2. The molecule has 1 aromatic heterocycles. The maximum Gasteiger partial charge on any atom is 0.188 e. The fourth-order valence-corrected chi connectivity index (χ4v) is 2.28. The molecule has 0 spiro atoms. The lowest BCUT2D eigenvalue weighted by Gasteiger charge is -2.16. The Balaban J connectivity index is 1.91. The van der Waals surface area contributed by atoms with Crippen molar-refractivity contribution in [3.05, 3.63) is 66.2 Å². The van der Waals surface area contributed by atoms with Crippen molar-refractivity contribution < 1.29 is 9.84 Å². The minimum absolute atomic E-state index is 0.133. The molecule has 0 aliphatic carbocycles. The highest BCUT2D eigenvalue weighted by Crippen LogP contribution is 2.32. The van der Waals surface area contributed by atoms with Crippen LogP contribution in [-0.4, -0.2) is 15.3 Å². The van der Waals surface area contributed by atoms with Crippen LogP contribution in [0.5, 0.6) is 11.5 Å². The first kappa shape index (κ1) is 14.8. The van der Waals surface area contributed by atoms with Gasteiger partial charge in [0.05, 0.1) is 0 Å². The molecule has 1 heterocycles. The number of benzene rings is 2. The molecule has 0 saturated carbocycles. The van der Waals surface area contributed by atoms with Crippen LogP contribution in [0.25, 0.3) is 11.3 Å². The number of rotatable bonds is 4. The Morgan fingerprint density at radius 2 is 1.70 bits per heavy atom. The van der Waals surface area contributed by atoms with Gasteiger partial charge in [-0.2, -0.15) is 0 Å². The summed E-state index contributed by atoms with van der Waals surface area (Å²) < 4.78 is 5.92. The van der Waals surface area contributed by atoms with Crippen molar-refractivity contribution in [3.8, 4) is 22.8 Å². The molecule has 0 unspecified atom stereocenters. The topological polar surface area (TPSA) is 81.3 Å². The number of para-hydroxylation sites is 1. The summed E-state index contributed by atoms with van der Waals surface area (Å²) in [6, 6.07) is 18.5. The molecule has 1 atom stereocenters. The van der Waals surface area contributed by atoms with E-state index in [0.29, 0.717) is 17.0 Å². The van der Waals surface area contributed by atoms with Gasteiger partial charge < -0.3 is 15.6 Å². The minimum atomic E-state index is -0.181. The van der Waals surface area contributed by atoms with Crippen LogP contribution in [0, 0.1) is 0 Å². The van der Waals surface area contributed by atoms with Crippen LogP contribution in [0.1, 0.15) is 18.6 Å². The summed E-state index contributed by atoms with van der Waals surface area (Å²) in [6.45, 7) is 1.94. The molecule has 0 bridgehead atoms. The summed E-state index contributed by atoms with van der Waals surface area (Å²) in [4.78, 5) is 0. The van der Waals surface area contributed by atoms with Crippen molar-refractivity contribution in [3.63, 3.8) is 0 Å². The Morgan fingerprint density at radius 1 is 1.00 bits per heavy atom. The summed E-state index contributed by atoms with van der Waals surface area (Å²) in [5.74, 6) is 0.787. The van der Waals surface area contributed by atoms with Gasteiger partial charge >= 0.3 is 0 Å². The molecule has 3 rings (SSSR count). The zero-order valence-electron chi connectivity index (χ0n) is 12.7. The van der Waals surface area contributed by atoms with E-state index in [2.05, 4.69) is 10.2 Å². The fraction of sp³-hybridized carbons (Fsp3) is 0.111. The van der Waals surface area contributed by atoms with E-state index in [1.165, 1.54) is 0 Å². The quantitative estimate of drug-likeness (QED) is 0.770. The van der Waals surface area contributed by atoms with Gasteiger partial charge in [-0.1, -0.05) is 42.5 Å². The smallest absolute Gasteiger partial charge is 0.188 e. The Hall–Kier alpha value is -3.08. The van der Waals surface area contributed by atoms with Gasteiger partial charge in [0, 0.05) is 11.6 Å². The van der Waals surface area contributed by atoms with Crippen LogP contribution < -0.4 is 10.5 Å². The molecule has 0 aliphatic heterocycles. The van der Waals surface area contributed by atoms with E-state index < -0.39 is 0 Å². The number of hydrogen-bond donors (Lipinski definition) is 2. The molecule has 5 heteroatoms. The van der Waals surface area contributed by atoms with E-state index in [1.807, 2.05) is 43.3 Å². The molecule has 116 valence electrons. The first-order valence-corrected chi connectivity index (χ1v) is 7.28. The third-order valence-electron chi connectivity index (χ3n) is 3.54. The predicted molar refractivity (Wildman–Crippen MR) is 89.0 cm³/mol. The average molecular weight is 307 g/mol. The highest BCUT2D eigenvalue weighted by atomic mass is 16.5. The molecule has 0 amide bonds. The standard InChI is InChI=1S/C18H17N3O2/c1-12(13-7-3-2-4-8-13)23-17-11-15(20-21-18(17)19)14-9-5-6-10-16(14)22/h2-12,22H,1H3,(H2,19,21)/t12-/m0/s1. The van der Waals surface area contributed by atoms with Crippen molar-refractivity contribution in [2.24, 2.45) is 0 Å². The van der Waals surface area contributed by atoms with Gasteiger partial charge in [-0.15, -0.1) is 10.2 Å². The van der Waals surface area contributed by atoms with Crippen molar-refractivity contribution in [1.82, 2.24) is 10.2 Å². The molecule has 5 nitrogen and oxygen atoms in total.